The van der Waals surface area contributed by atoms with Crippen molar-refractivity contribution in [3.05, 3.63) is 23.8 Å². The van der Waals surface area contributed by atoms with Crippen LogP contribution in [0.3, 0.4) is 0 Å². The van der Waals surface area contributed by atoms with Crippen LogP contribution in [0.4, 0.5) is 5.69 Å². The van der Waals surface area contributed by atoms with E-state index in [1.54, 1.807) is 4.90 Å². The topological polar surface area (TPSA) is 157 Å². The normalized spacial score (nSPS) is 15.9. The lowest BCUT2D eigenvalue weighted by molar-refractivity contribution is -0.158. The van der Waals surface area contributed by atoms with Crippen molar-refractivity contribution in [2.45, 2.75) is 171 Å². The van der Waals surface area contributed by atoms with Crippen LogP contribution in [0.25, 0.3) is 0 Å². The molecule has 0 aromatic heterocycles. The average Bonchev–Trinajstić information content (AvgIpc) is 3.12. The second-order valence-corrected chi connectivity index (χ2v) is 23.0. The summed E-state index contributed by atoms with van der Waals surface area (Å²) in [5, 5.41) is 0. The number of anilines is 1. The Labute approximate surface area is 410 Å². The third-order valence-electron chi connectivity index (χ3n) is 10.1. The molecule has 2 rings (SSSR count). The van der Waals surface area contributed by atoms with Gasteiger partial charge >= 0.3 is 29.8 Å². The smallest absolute Gasteiger partial charge is 0.326 e. The fraction of sp³-hybridized carbons (Fsp3) is 0.788. The molecule has 1 saturated heterocycles. The highest BCUT2D eigenvalue weighted by Gasteiger charge is 2.28. The Kier molecular flexibility index (Phi) is 24.2. The van der Waals surface area contributed by atoms with Crippen LogP contribution < -0.4 is 9.64 Å². The minimum Gasteiger partial charge on any atom is -0.491 e. The number of para-hydroxylation sites is 1. The molecule has 1 fully saturated rings. The zero-order valence-corrected chi connectivity index (χ0v) is 45.1. The summed E-state index contributed by atoms with van der Waals surface area (Å²) in [6.45, 7) is 35.7. The summed E-state index contributed by atoms with van der Waals surface area (Å²) < 4.78 is 34.7. The van der Waals surface area contributed by atoms with E-state index in [1.807, 2.05) is 134 Å². The molecule has 0 amide bonds. The Morgan fingerprint density at radius 2 is 0.779 bits per heavy atom. The van der Waals surface area contributed by atoms with Crippen LogP contribution in [-0.2, 0) is 47.7 Å². The van der Waals surface area contributed by atoms with Gasteiger partial charge in [-0.05, 0) is 142 Å². The number of carbonyl (C=O) groups excluding carboxylic acids is 5. The van der Waals surface area contributed by atoms with Gasteiger partial charge in [0, 0.05) is 52.4 Å². The second-order valence-electron chi connectivity index (χ2n) is 23.0. The van der Waals surface area contributed by atoms with Crippen LogP contribution in [0.2, 0.25) is 0 Å². The van der Waals surface area contributed by atoms with Gasteiger partial charge in [-0.3, -0.25) is 38.7 Å². The highest BCUT2D eigenvalue weighted by molar-refractivity contribution is 5.84. The third-order valence-corrected chi connectivity index (χ3v) is 10.1. The van der Waals surface area contributed by atoms with Gasteiger partial charge in [-0.15, -0.1) is 0 Å². The van der Waals surface area contributed by atoms with Crippen LogP contribution in [-0.4, -0.2) is 176 Å². The van der Waals surface area contributed by atoms with Crippen LogP contribution in [0, 0.1) is 6.92 Å². The lowest BCUT2D eigenvalue weighted by atomic mass is 10.1. The number of aryl methyl sites for hydroxylation is 1. The van der Waals surface area contributed by atoms with E-state index in [0.717, 1.165) is 44.2 Å². The largest absolute Gasteiger partial charge is 0.491 e. The first kappa shape index (κ1) is 60.1. The summed E-state index contributed by atoms with van der Waals surface area (Å²) in [5.74, 6) is -1.23. The molecule has 1 aromatic carbocycles. The van der Waals surface area contributed by atoms with Crippen molar-refractivity contribution in [1.29, 1.82) is 0 Å². The highest BCUT2D eigenvalue weighted by Crippen LogP contribution is 2.33. The number of carbonyl (C=O) groups is 5. The summed E-state index contributed by atoms with van der Waals surface area (Å²) in [5.41, 5.74) is -1.71. The predicted molar refractivity (Wildman–Crippen MR) is 267 cm³/mol. The number of hydrogen-bond donors (Lipinski definition) is 0. The molecular weight excluding hydrogens is 871 g/mol. The van der Waals surface area contributed by atoms with Gasteiger partial charge in [-0.2, -0.15) is 0 Å². The molecule has 0 radical (unpaired) electrons. The molecule has 0 aliphatic carbocycles. The van der Waals surface area contributed by atoms with E-state index in [0.29, 0.717) is 70.4 Å². The van der Waals surface area contributed by atoms with Crippen molar-refractivity contribution in [2.24, 2.45) is 0 Å². The average molecular weight is 962 g/mol. The van der Waals surface area contributed by atoms with Gasteiger partial charge in [-0.1, -0.05) is 31.4 Å². The summed E-state index contributed by atoms with van der Waals surface area (Å²) >= 11 is 0. The fourth-order valence-corrected chi connectivity index (χ4v) is 7.52. The first-order chi connectivity index (χ1) is 31.3. The molecule has 16 nitrogen and oxygen atoms in total. The van der Waals surface area contributed by atoms with Gasteiger partial charge in [0.2, 0.25) is 0 Å². The number of benzene rings is 1. The molecule has 0 spiro atoms. The Hall–Kier alpha value is -3.99. The monoisotopic (exact) mass is 962 g/mol. The Morgan fingerprint density at radius 3 is 1.15 bits per heavy atom. The van der Waals surface area contributed by atoms with Gasteiger partial charge in [-0.25, -0.2) is 0 Å². The maximum atomic E-state index is 13.1. The molecule has 68 heavy (non-hydrogen) atoms. The predicted octanol–water partition coefficient (Wildman–Crippen LogP) is 7.06. The molecule has 1 aliphatic rings. The first-order valence-electron chi connectivity index (χ1n) is 24.7. The molecule has 0 atom stereocenters. The maximum Gasteiger partial charge on any atom is 0.326 e. The molecule has 390 valence electrons. The Balaban J connectivity index is 2.15. The van der Waals surface area contributed by atoms with Crippen molar-refractivity contribution in [3.63, 3.8) is 0 Å². The van der Waals surface area contributed by atoms with E-state index in [-0.39, 0.29) is 50.6 Å². The number of ether oxygens (including phenoxy) is 6. The van der Waals surface area contributed by atoms with Crippen molar-refractivity contribution < 1.29 is 52.4 Å². The van der Waals surface area contributed by atoms with Gasteiger partial charge in [0.25, 0.3) is 0 Å². The van der Waals surface area contributed by atoms with Crippen molar-refractivity contribution in [2.75, 3.05) is 103 Å². The molecule has 1 aliphatic heterocycles. The molecule has 0 bridgehead atoms. The number of nitrogens with zero attached hydrogens (tertiary/aromatic N) is 5. The van der Waals surface area contributed by atoms with Crippen LogP contribution in [0.5, 0.6) is 5.75 Å². The van der Waals surface area contributed by atoms with E-state index in [1.165, 1.54) is 0 Å². The summed E-state index contributed by atoms with van der Waals surface area (Å²) in [6.07, 6.45) is 4.75. The lowest BCUT2D eigenvalue weighted by Crippen LogP contribution is -2.49. The first-order valence-corrected chi connectivity index (χ1v) is 24.7. The molecule has 0 saturated carbocycles. The second kappa shape index (κ2) is 27.4. The zero-order chi connectivity index (χ0) is 51.5. The van der Waals surface area contributed by atoms with Gasteiger partial charge in [0.1, 0.15) is 46.8 Å². The molecule has 0 N–H and O–H groups in total. The van der Waals surface area contributed by atoms with Crippen LogP contribution in [0.1, 0.15) is 142 Å². The van der Waals surface area contributed by atoms with Gasteiger partial charge in [0.15, 0.2) is 0 Å². The van der Waals surface area contributed by atoms with Crippen molar-refractivity contribution in [1.82, 2.24) is 19.6 Å². The Bertz CT molecular complexity index is 1660. The number of hydrogen-bond acceptors (Lipinski definition) is 16. The van der Waals surface area contributed by atoms with E-state index >= 15 is 0 Å². The highest BCUT2D eigenvalue weighted by atomic mass is 16.6. The minimum absolute atomic E-state index is 0.0906. The van der Waals surface area contributed by atoms with E-state index in [9.17, 15) is 24.0 Å². The molecule has 16 heteroatoms. The van der Waals surface area contributed by atoms with Crippen molar-refractivity contribution >= 4 is 35.5 Å². The standard InChI is InChI=1S/C52H91N5O11/c1-40-23-22-24-41(47(40)57(38-45(61)67-51(11,12)13)39-46(62)68-52(14,15)16)63-34-21-19-17-18-20-25-53-26-28-54(35-42(58)64-48(2,3)4)30-32-56(37-44(60)66-50(8,9)10)33-31-55(29-27-53)36-43(59)65-49(5,6)7/h22-24H,17-21,25-39H2,1-16H3. The van der Waals surface area contributed by atoms with E-state index < -0.39 is 39.9 Å². The number of esters is 5. The molecule has 1 heterocycles. The third kappa shape index (κ3) is 28.5. The molecule has 1 aromatic rings. The quantitative estimate of drug-likeness (QED) is 0.0743. The van der Waals surface area contributed by atoms with E-state index in [2.05, 4.69) is 14.7 Å². The lowest BCUT2D eigenvalue weighted by Gasteiger charge is -2.34. The van der Waals surface area contributed by atoms with E-state index in [4.69, 9.17) is 28.4 Å². The Morgan fingerprint density at radius 1 is 0.456 bits per heavy atom. The number of rotatable bonds is 20. The maximum absolute atomic E-state index is 13.1. The minimum atomic E-state index is -0.686. The SMILES string of the molecule is Cc1cccc(OCCCCCCCN2CCN(CC(=O)OC(C)(C)C)CCN(CC(=O)OC(C)(C)C)CCN(CC(=O)OC(C)(C)C)CC2)c1N(CC(=O)OC(C)(C)C)CC(=O)OC(C)(C)C. The zero-order valence-electron chi connectivity index (χ0n) is 45.1. The van der Waals surface area contributed by atoms with Gasteiger partial charge < -0.3 is 38.2 Å². The summed E-state index contributed by atoms with van der Waals surface area (Å²) in [6, 6.07) is 5.69. The summed E-state index contributed by atoms with van der Waals surface area (Å²) in [4.78, 5) is 75.7. The van der Waals surface area contributed by atoms with Gasteiger partial charge in [0.05, 0.1) is 31.9 Å². The number of unbranched alkanes of at least 4 members (excludes halogenated alkanes) is 4. The fourth-order valence-electron chi connectivity index (χ4n) is 7.52. The molecular formula is C52H91N5O11. The van der Waals surface area contributed by atoms with Crippen LogP contribution >= 0.6 is 0 Å². The van der Waals surface area contributed by atoms with Crippen LogP contribution in [0.15, 0.2) is 18.2 Å². The van der Waals surface area contributed by atoms with Crippen molar-refractivity contribution in [3.8, 4) is 5.75 Å². The summed E-state index contributed by atoms with van der Waals surface area (Å²) in [7, 11) is 0. The molecule has 0 unspecified atom stereocenters.